The van der Waals surface area contributed by atoms with Crippen molar-refractivity contribution in [3.63, 3.8) is 0 Å². The van der Waals surface area contributed by atoms with Crippen LogP contribution >= 0.6 is 0 Å². The minimum Gasteiger partial charge on any atom is -0.315 e. The number of hydrogen-bond donors (Lipinski definition) is 1. The third-order valence-electron chi connectivity index (χ3n) is 4.55. The van der Waals surface area contributed by atoms with Crippen LogP contribution in [0.15, 0.2) is 0 Å². The van der Waals surface area contributed by atoms with Crippen molar-refractivity contribution in [2.24, 2.45) is 17.8 Å². The molecule has 2 nitrogen and oxygen atoms in total. The second-order valence-corrected chi connectivity index (χ2v) is 7.06. The van der Waals surface area contributed by atoms with E-state index in [0.29, 0.717) is 0 Å². The minimum absolute atomic E-state index is 0.848. The molecule has 114 valence electrons. The smallest absolute Gasteiger partial charge is 0.0107 e. The predicted molar refractivity (Wildman–Crippen MR) is 85.6 cm³/mol. The second-order valence-electron chi connectivity index (χ2n) is 7.06. The molecule has 1 atom stereocenters. The second kappa shape index (κ2) is 9.77. The van der Waals surface area contributed by atoms with Gasteiger partial charge in [0, 0.05) is 13.1 Å². The van der Waals surface area contributed by atoms with Crippen molar-refractivity contribution < 1.29 is 0 Å². The highest BCUT2D eigenvalue weighted by Crippen LogP contribution is 2.24. The van der Waals surface area contributed by atoms with Crippen molar-refractivity contribution in [2.45, 2.75) is 59.8 Å². The molecule has 1 heterocycles. The van der Waals surface area contributed by atoms with Crippen LogP contribution in [0.3, 0.4) is 0 Å². The van der Waals surface area contributed by atoms with Gasteiger partial charge in [0.15, 0.2) is 0 Å². The van der Waals surface area contributed by atoms with Crippen LogP contribution in [0, 0.1) is 17.8 Å². The van der Waals surface area contributed by atoms with Gasteiger partial charge in [0.05, 0.1) is 0 Å². The average molecular weight is 268 g/mol. The predicted octanol–water partition coefficient (Wildman–Crippen LogP) is 3.77. The summed E-state index contributed by atoms with van der Waals surface area (Å²) in [6.07, 6.45) is 6.93. The molecule has 0 radical (unpaired) electrons. The zero-order valence-corrected chi connectivity index (χ0v) is 13.8. The average Bonchev–Trinajstić information content (AvgIpc) is 2.58. The Morgan fingerprint density at radius 1 is 1.05 bits per heavy atom. The first kappa shape index (κ1) is 17.0. The zero-order valence-electron chi connectivity index (χ0n) is 13.8. The first-order valence-electron chi connectivity index (χ1n) is 8.52. The first-order chi connectivity index (χ1) is 9.09. The van der Waals surface area contributed by atoms with Crippen LogP contribution in [0.4, 0.5) is 0 Å². The molecule has 0 saturated carbocycles. The van der Waals surface area contributed by atoms with Crippen LogP contribution in [-0.4, -0.2) is 37.6 Å². The molecular weight excluding hydrogens is 232 g/mol. The van der Waals surface area contributed by atoms with E-state index in [2.05, 4.69) is 37.9 Å². The largest absolute Gasteiger partial charge is 0.315 e. The maximum absolute atomic E-state index is 3.60. The molecule has 0 aromatic heterocycles. The van der Waals surface area contributed by atoms with Gasteiger partial charge in [-0.15, -0.1) is 0 Å². The van der Waals surface area contributed by atoms with Gasteiger partial charge in [0.25, 0.3) is 0 Å². The van der Waals surface area contributed by atoms with E-state index in [1.165, 1.54) is 64.8 Å². The molecule has 0 bridgehead atoms. The van der Waals surface area contributed by atoms with Gasteiger partial charge in [-0.1, -0.05) is 27.7 Å². The molecule has 0 amide bonds. The lowest BCUT2D eigenvalue weighted by Gasteiger charge is -2.21. The summed E-state index contributed by atoms with van der Waals surface area (Å²) in [6, 6.07) is 0. The van der Waals surface area contributed by atoms with Gasteiger partial charge in [0.1, 0.15) is 0 Å². The van der Waals surface area contributed by atoms with Crippen molar-refractivity contribution in [1.82, 2.24) is 10.2 Å². The molecule has 1 saturated heterocycles. The number of nitrogens with zero attached hydrogens (tertiary/aromatic N) is 1. The third-order valence-corrected chi connectivity index (χ3v) is 4.55. The van der Waals surface area contributed by atoms with Gasteiger partial charge in [0.2, 0.25) is 0 Å². The molecule has 0 aromatic carbocycles. The van der Waals surface area contributed by atoms with Crippen LogP contribution < -0.4 is 5.32 Å². The summed E-state index contributed by atoms with van der Waals surface area (Å²) in [5.74, 6) is 2.68. The summed E-state index contributed by atoms with van der Waals surface area (Å²) in [5.41, 5.74) is 0. The summed E-state index contributed by atoms with van der Waals surface area (Å²) in [6.45, 7) is 15.6. The van der Waals surface area contributed by atoms with Crippen molar-refractivity contribution in [3.05, 3.63) is 0 Å². The van der Waals surface area contributed by atoms with E-state index in [9.17, 15) is 0 Å². The lowest BCUT2D eigenvalue weighted by atomic mass is 9.89. The standard InChI is InChI=1S/C17H36N2/c1-15(2)7-5-10-18-11-14-19-12-6-8-17(9-13-19)16(3)4/h15-18H,5-14H2,1-4H3. The minimum atomic E-state index is 0.848. The molecule has 1 rings (SSSR count). The lowest BCUT2D eigenvalue weighted by Crippen LogP contribution is -2.33. The summed E-state index contributed by atoms with van der Waals surface area (Å²) < 4.78 is 0. The highest BCUT2D eigenvalue weighted by molar-refractivity contribution is 4.72. The Morgan fingerprint density at radius 2 is 1.84 bits per heavy atom. The van der Waals surface area contributed by atoms with Gasteiger partial charge in [-0.05, 0) is 69.5 Å². The van der Waals surface area contributed by atoms with Gasteiger partial charge in [-0.3, -0.25) is 0 Å². The van der Waals surface area contributed by atoms with E-state index in [0.717, 1.165) is 17.8 Å². The molecule has 1 unspecified atom stereocenters. The Bertz CT molecular complexity index is 213. The highest BCUT2D eigenvalue weighted by atomic mass is 15.1. The monoisotopic (exact) mass is 268 g/mol. The van der Waals surface area contributed by atoms with Gasteiger partial charge in [-0.2, -0.15) is 0 Å². The Labute approximate surface area is 121 Å². The van der Waals surface area contributed by atoms with E-state index in [1.807, 2.05) is 0 Å². The Kier molecular flexibility index (Phi) is 8.72. The normalized spacial score (nSPS) is 22.1. The molecule has 0 spiro atoms. The van der Waals surface area contributed by atoms with Crippen molar-refractivity contribution in [1.29, 1.82) is 0 Å². The molecule has 0 aromatic rings. The van der Waals surface area contributed by atoms with E-state index in [4.69, 9.17) is 0 Å². The van der Waals surface area contributed by atoms with Gasteiger partial charge in [-0.25, -0.2) is 0 Å². The summed E-state index contributed by atoms with van der Waals surface area (Å²) in [5, 5.41) is 3.60. The molecule has 1 aliphatic rings. The molecule has 2 heteroatoms. The maximum Gasteiger partial charge on any atom is 0.0107 e. The quantitative estimate of drug-likeness (QED) is 0.674. The van der Waals surface area contributed by atoms with Crippen molar-refractivity contribution in [3.8, 4) is 0 Å². The Morgan fingerprint density at radius 3 is 2.53 bits per heavy atom. The molecule has 0 aliphatic carbocycles. The fourth-order valence-corrected chi connectivity index (χ4v) is 3.07. The van der Waals surface area contributed by atoms with Crippen LogP contribution in [0.2, 0.25) is 0 Å². The lowest BCUT2D eigenvalue weighted by molar-refractivity contribution is 0.271. The van der Waals surface area contributed by atoms with Gasteiger partial charge >= 0.3 is 0 Å². The van der Waals surface area contributed by atoms with Crippen LogP contribution in [0.5, 0.6) is 0 Å². The Balaban J connectivity index is 2.03. The Hall–Kier alpha value is -0.0800. The van der Waals surface area contributed by atoms with Crippen LogP contribution in [0.25, 0.3) is 0 Å². The molecule has 19 heavy (non-hydrogen) atoms. The van der Waals surface area contributed by atoms with E-state index in [-0.39, 0.29) is 0 Å². The number of rotatable bonds is 8. The molecule has 1 N–H and O–H groups in total. The van der Waals surface area contributed by atoms with E-state index < -0.39 is 0 Å². The zero-order chi connectivity index (χ0) is 14.1. The van der Waals surface area contributed by atoms with Crippen molar-refractivity contribution in [2.75, 3.05) is 32.7 Å². The molecule has 1 aliphatic heterocycles. The molecule has 1 fully saturated rings. The van der Waals surface area contributed by atoms with Crippen molar-refractivity contribution >= 4 is 0 Å². The third kappa shape index (κ3) is 7.94. The summed E-state index contributed by atoms with van der Waals surface area (Å²) in [7, 11) is 0. The number of hydrogen-bond acceptors (Lipinski definition) is 2. The summed E-state index contributed by atoms with van der Waals surface area (Å²) >= 11 is 0. The topological polar surface area (TPSA) is 15.3 Å². The van der Waals surface area contributed by atoms with Crippen LogP contribution in [0.1, 0.15) is 59.8 Å². The summed E-state index contributed by atoms with van der Waals surface area (Å²) in [4.78, 5) is 2.66. The number of likely N-dealkylation sites (tertiary alicyclic amines) is 1. The molecular formula is C17H36N2. The van der Waals surface area contributed by atoms with Gasteiger partial charge < -0.3 is 10.2 Å². The number of nitrogens with one attached hydrogen (secondary N) is 1. The first-order valence-corrected chi connectivity index (χ1v) is 8.52. The SMILES string of the molecule is CC(C)CCCNCCN1CCCC(C(C)C)CC1. The van der Waals surface area contributed by atoms with E-state index in [1.54, 1.807) is 0 Å². The fourth-order valence-electron chi connectivity index (χ4n) is 3.07. The maximum atomic E-state index is 3.60. The fraction of sp³-hybridized carbons (Fsp3) is 1.00. The van der Waals surface area contributed by atoms with E-state index >= 15 is 0 Å². The highest BCUT2D eigenvalue weighted by Gasteiger charge is 2.18. The van der Waals surface area contributed by atoms with Crippen LogP contribution in [-0.2, 0) is 0 Å².